The Morgan fingerprint density at radius 1 is 1.14 bits per heavy atom. The van der Waals surface area contributed by atoms with Crippen LogP contribution in [-0.2, 0) is 6.54 Å². The average Bonchev–Trinajstić information content (AvgIpc) is 2.67. The van der Waals surface area contributed by atoms with Gasteiger partial charge < -0.3 is 4.57 Å². The third kappa shape index (κ3) is 1.83. The molecule has 0 aliphatic rings. The summed E-state index contributed by atoms with van der Waals surface area (Å²) in [5, 5.41) is 8.65. The van der Waals surface area contributed by atoms with E-state index in [2.05, 4.69) is 18.2 Å². The number of benzene rings is 1. The minimum absolute atomic E-state index is 0.709. The molecule has 1 heterocycles. The van der Waals surface area contributed by atoms with Crippen LogP contribution in [0.4, 0.5) is 0 Å². The molecule has 0 spiro atoms. The molecule has 0 N–H and O–H groups in total. The highest BCUT2D eigenvalue weighted by molar-refractivity contribution is 5.26. The predicted molar refractivity (Wildman–Crippen MR) is 54.7 cm³/mol. The number of nitriles is 1. The van der Waals surface area contributed by atoms with Crippen LogP contribution in [0, 0.1) is 11.3 Å². The maximum atomic E-state index is 8.65. The van der Waals surface area contributed by atoms with Crippen molar-refractivity contribution in [2.24, 2.45) is 0 Å². The molecule has 2 nitrogen and oxygen atoms in total. The van der Waals surface area contributed by atoms with Crippen molar-refractivity contribution in [1.82, 2.24) is 4.57 Å². The lowest BCUT2D eigenvalue weighted by atomic mass is 10.2. The van der Waals surface area contributed by atoms with Crippen molar-refractivity contribution in [1.29, 1.82) is 5.26 Å². The van der Waals surface area contributed by atoms with Crippen LogP contribution in [0.1, 0.15) is 11.1 Å². The first kappa shape index (κ1) is 8.58. The average molecular weight is 182 g/mol. The minimum atomic E-state index is 0.709. The molecule has 1 aromatic carbocycles. The van der Waals surface area contributed by atoms with E-state index < -0.39 is 0 Å². The normalized spacial score (nSPS) is 9.64. The topological polar surface area (TPSA) is 28.7 Å². The van der Waals surface area contributed by atoms with Gasteiger partial charge in [-0.05, 0) is 11.6 Å². The smallest absolute Gasteiger partial charge is 0.101 e. The van der Waals surface area contributed by atoms with Crippen LogP contribution in [0.15, 0.2) is 48.8 Å². The largest absolute Gasteiger partial charge is 0.349 e. The Labute approximate surface area is 83.0 Å². The molecular formula is C12H10N2. The SMILES string of the molecule is N#Cc1ccn(Cc2ccccc2)c1. The van der Waals surface area contributed by atoms with Gasteiger partial charge in [-0.15, -0.1) is 0 Å². The van der Waals surface area contributed by atoms with Crippen molar-refractivity contribution in [3.05, 3.63) is 59.9 Å². The van der Waals surface area contributed by atoms with Crippen LogP contribution in [0.3, 0.4) is 0 Å². The van der Waals surface area contributed by atoms with Gasteiger partial charge in [0.1, 0.15) is 6.07 Å². The van der Waals surface area contributed by atoms with Gasteiger partial charge in [0.05, 0.1) is 5.56 Å². The van der Waals surface area contributed by atoms with Crippen LogP contribution in [0.25, 0.3) is 0 Å². The van der Waals surface area contributed by atoms with Crippen molar-refractivity contribution >= 4 is 0 Å². The first-order valence-corrected chi connectivity index (χ1v) is 4.48. The van der Waals surface area contributed by atoms with E-state index in [4.69, 9.17) is 5.26 Å². The Morgan fingerprint density at radius 2 is 1.93 bits per heavy atom. The Kier molecular flexibility index (Phi) is 2.33. The summed E-state index contributed by atoms with van der Waals surface area (Å²) in [6.45, 7) is 0.822. The molecular weight excluding hydrogens is 172 g/mol. The zero-order chi connectivity index (χ0) is 9.80. The second-order valence-electron chi connectivity index (χ2n) is 3.17. The molecule has 0 fully saturated rings. The van der Waals surface area contributed by atoms with Crippen LogP contribution in [-0.4, -0.2) is 4.57 Å². The van der Waals surface area contributed by atoms with E-state index in [0.29, 0.717) is 5.56 Å². The highest BCUT2D eigenvalue weighted by atomic mass is 14.9. The summed E-state index contributed by atoms with van der Waals surface area (Å²) in [7, 11) is 0. The predicted octanol–water partition coefficient (Wildman–Crippen LogP) is 2.41. The maximum Gasteiger partial charge on any atom is 0.101 e. The quantitative estimate of drug-likeness (QED) is 0.701. The van der Waals surface area contributed by atoms with E-state index in [-0.39, 0.29) is 0 Å². The zero-order valence-corrected chi connectivity index (χ0v) is 7.72. The zero-order valence-electron chi connectivity index (χ0n) is 7.72. The number of nitrogens with zero attached hydrogens (tertiary/aromatic N) is 2. The van der Waals surface area contributed by atoms with Gasteiger partial charge in [0.2, 0.25) is 0 Å². The second kappa shape index (κ2) is 3.80. The van der Waals surface area contributed by atoms with Gasteiger partial charge in [0.25, 0.3) is 0 Å². The fourth-order valence-electron chi connectivity index (χ4n) is 1.40. The highest BCUT2D eigenvalue weighted by Gasteiger charge is 1.95. The van der Waals surface area contributed by atoms with Gasteiger partial charge in [0, 0.05) is 18.9 Å². The van der Waals surface area contributed by atoms with Crippen LogP contribution >= 0.6 is 0 Å². The van der Waals surface area contributed by atoms with Crippen LogP contribution in [0.5, 0.6) is 0 Å². The summed E-state index contributed by atoms with van der Waals surface area (Å²) in [6, 6.07) is 14.1. The number of hydrogen-bond acceptors (Lipinski definition) is 1. The Hall–Kier alpha value is -2.01. The molecule has 2 aromatic rings. The second-order valence-corrected chi connectivity index (χ2v) is 3.17. The molecule has 0 aliphatic heterocycles. The van der Waals surface area contributed by atoms with Crippen molar-refractivity contribution in [2.45, 2.75) is 6.54 Å². The molecule has 14 heavy (non-hydrogen) atoms. The monoisotopic (exact) mass is 182 g/mol. The van der Waals surface area contributed by atoms with Gasteiger partial charge in [-0.1, -0.05) is 30.3 Å². The Morgan fingerprint density at radius 3 is 2.57 bits per heavy atom. The van der Waals surface area contributed by atoms with Crippen molar-refractivity contribution < 1.29 is 0 Å². The van der Waals surface area contributed by atoms with Gasteiger partial charge in [-0.25, -0.2) is 0 Å². The van der Waals surface area contributed by atoms with E-state index in [9.17, 15) is 0 Å². The summed E-state index contributed by atoms with van der Waals surface area (Å²) >= 11 is 0. The third-order valence-corrected chi connectivity index (χ3v) is 2.09. The van der Waals surface area contributed by atoms with E-state index >= 15 is 0 Å². The lowest BCUT2D eigenvalue weighted by Crippen LogP contribution is -1.95. The summed E-state index contributed by atoms with van der Waals surface area (Å²) < 4.78 is 2.01. The molecule has 0 saturated carbocycles. The van der Waals surface area contributed by atoms with Gasteiger partial charge in [0.15, 0.2) is 0 Å². The molecule has 0 bridgehead atoms. The van der Waals surface area contributed by atoms with Gasteiger partial charge in [-0.2, -0.15) is 5.26 Å². The molecule has 0 atom stereocenters. The summed E-state index contributed by atoms with van der Waals surface area (Å²) in [4.78, 5) is 0. The number of rotatable bonds is 2. The molecule has 2 heteroatoms. The lowest BCUT2D eigenvalue weighted by molar-refractivity contribution is 0.805. The van der Waals surface area contributed by atoms with Crippen molar-refractivity contribution in [3.63, 3.8) is 0 Å². The summed E-state index contributed by atoms with van der Waals surface area (Å²) in [6.07, 6.45) is 3.78. The molecule has 0 aliphatic carbocycles. The standard InChI is InChI=1S/C12H10N2/c13-8-12-6-7-14(10-12)9-11-4-2-1-3-5-11/h1-7,10H,9H2. The molecule has 0 saturated heterocycles. The van der Waals surface area contributed by atoms with Gasteiger partial charge >= 0.3 is 0 Å². The van der Waals surface area contributed by atoms with E-state index in [1.54, 1.807) is 0 Å². The first-order chi connectivity index (χ1) is 6.88. The van der Waals surface area contributed by atoms with Crippen LogP contribution < -0.4 is 0 Å². The van der Waals surface area contributed by atoms with E-state index in [0.717, 1.165) is 6.54 Å². The molecule has 0 radical (unpaired) electrons. The van der Waals surface area contributed by atoms with Crippen LogP contribution in [0.2, 0.25) is 0 Å². The fourth-order valence-corrected chi connectivity index (χ4v) is 1.40. The lowest BCUT2D eigenvalue weighted by Gasteiger charge is -2.01. The van der Waals surface area contributed by atoms with Crippen molar-refractivity contribution in [2.75, 3.05) is 0 Å². The molecule has 68 valence electrons. The summed E-state index contributed by atoms with van der Waals surface area (Å²) in [5.41, 5.74) is 1.95. The highest BCUT2D eigenvalue weighted by Crippen LogP contribution is 2.05. The molecule has 1 aromatic heterocycles. The Bertz CT molecular complexity index is 449. The maximum absolute atomic E-state index is 8.65. The first-order valence-electron chi connectivity index (χ1n) is 4.48. The van der Waals surface area contributed by atoms with E-state index in [1.807, 2.05) is 41.2 Å². The van der Waals surface area contributed by atoms with Crippen molar-refractivity contribution in [3.8, 4) is 6.07 Å². The molecule has 2 rings (SSSR count). The number of aromatic nitrogens is 1. The van der Waals surface area contributed by atoms with E-state index in [1.165, 1.54) is 5.56 Å². The Balaban J connectivity index is 2.16. The fraction of sp³-hybridized carbons (Fsp3) is 0.0833. The third-order valence-electron chi connectivity index (χ3n) is 2.09. The molecule has 0 unspecified atom stereocenters. The van der Waals surface area contributed by atoms with Gasteiger partial charge in [-0.3, -0.25) is 0 Å². The summed E-state index contributed by atoms with van der Waals surface area (Å²) in [5.74, 6) is 0. The molecule has 0 amide bonds. The number of hydrogen-bond donors (Lipinski definition) is 0. The minimum Gasteiger partial charge on any atom is -0.349 e.